The molecule has 2 aromatic heterocycles. The zero-order valence-corrected chi connectivity index (χ0v) is 18.5. The molecule has 3 aliphatic carbocycles. The third-order valence-electron chi connectivity index (χ3n) is 6.38. The Hall–Kier alpha value is -3.31. The molecule has 158 valence electrons. The summed E-state index contributed by atoms with van der Waals surface area (Å²) in [7, 11) is 0. The van der Waals surface area contributed by atoms with Gasteiger partial charge in [-0.1, -0.05) is 48.6 Å². The van der Waals surface area contributed by atoms with E-state index in [0.29, 0.717) is 11.4 Å². The Morgan fingerprint density at radius 2 is 1.94 bits per heavy atom. The number of aromatic nitrogens is 2. The molecule has 0 amide bonds. The molecule has 4 nitrogen and oxygen atoms in total. The number of furan rings is 1. The molecule has 3 aromatic rings. The first-order valence-electron chi connectivity index (χ1n) is 10.8. The number of hydrogen-bond donors (Lipinski definition) is 1. The molecule has 0 saturated carbocycles. The summed E-state index contributed by atoms with van der Waals surface area (Å²) in [6.07, 6.45) is 19.4. The first-order valence-corrected chi connectivity index (χ1v) is 12.1. The zero-order valence-electron chi connectivity index (χ0n) is 17.7. The number of para-hydroxylation sites is 1. The first kappa shape index (κ1) is 19.4. The monoisotopic (exact) mass is 438 g/mol. The molecule has 0 spiro atoms. The maximum atomic E-state index is 10.4. The van der Waals surface area contributed by atoms with Gasteiger partial charge in [0, 0.05) is 29.4 Å². The van der Waals surface area contributed by atoms with Gasteiger partial charge in [0.15, 0.2) is 5.82 Å². The molecule has 6 rings (SSSR count). The van der Waals surface area contributed by atoms with Gasteiger partial charge in [-0.15, -0.1) is 11.8 Å². The fourth-order valence-electron chi connectivity index (χ4n) is 4.88. The Balaban J connectivity index is 1.55. The number of phenolic OH excluding ortho intramolecular Hbond substituents is 1. The van der Waals surface area contributed by atoms with E-state index in [4.69, 9.17) is 9.40 Å². The van der Waals surface area contributed by atoms with Crippen LogP contribution in [0.2, 0.25) is 0 Å². The summed E-state index contributed by atoms with van der Waals surface area (Å²) in [5, 5.41) is 11.3. The summed E-state index contributed by atoms with van der Waals surface area (Å²) in [6.45, 7) is 0. The lowest BCUT2D eigenvalue weighted by atomic mass is 9.72. The van der Waals surface area contributed by atoms with Crippen LogP contribution in [0.1, 0.15) is 40.7 Å². The highest BCUT2D eigenvalue weighted by Gasteiger charge is 2.36. The van der Waals surface area contributed by atoms with Crippen LogP contribution < -0.4 is 0 Å². The highest BCUT2D eigenvalue weighted by atomic mass is 32.2. The summed E-state index contributed by atoms with van der Waals surface area (Å²) < 4.78 is 6.35. The minimum Gasteiger partial charge on any atom is -0.507 e. The van der Waals surface area contributed by atoms with Crippen molar-refractivity contribution < 1.29 is 9.52 Å². The van der Waals surface area contributed by atoms with Gasteiger partial charge in [0.05, 0.1) is 11.3 Å². The van der Waals surface area contributed by atoms with Crippen LogP contribution in [-0.4, -0.2) is 21.3 Å². The normalized spacial score (nSPS) is 20.5. The average molecular weight is 439 g/mol. The second-order valence-electron chi connectivity index (χ2n) is 8.22. The van der Waals surface area contributed by atoms with E-state index in [1.54, 1.807) is 23.9 Å². The van der Waals surface area contributed by atoms with Crippen molar-refractivity contribution in [3.05, 3.63) is 89.1 Å². The smallest absolute Gasteiger partial charge is 0.164 e. The number of benzene rings is 1. The van der Waals surface area contributed by atoms with Gasteiger partial charge in [0.25, 0.3) is 0 Å². The molecule has 32 heavy (non-hydrogen) atoms. The standard InChI is InChI=1S/C27H22N2O2S/c1-32-25-15-21(28-27(29-25)18-10-4-6-12-22(18)30)20-14-24-26(17-9-3-2-8-16(17)20)19-11-5-7-13-23(19)31-24/h2-6,8-12,14-17,30H,7,13H2,1H3. The zero-order chi connectivity index (χ0) is 21.7. The number of hydrogen-bond acceptors (Lipinski definition) is 5. The molecular weight excluding hydrogens is 416 g/mol. The third-order valence-corrected chi connectivity index (χ3v) is 7.01. The second kappa shape index (κ2) is 7.68. The van der Waals surface area contributed by atoms with Gasteiger partial charge in [-0.25, -0.2) is 9.97 Å². The van der Waals surface area contributed by atoms with E-state index in [-0.39, 0.29) is 17.6 Å². The van der Waals surface area contributed by atoms with Gasteiger partial charge in [-0.2, -0.15) is 0 Å². The predicted octanol–water partition coefficient (Wildman–Crippen LogP) is 6.50. The molecule has 2 heterocycles. The molecular formula is C27H22N2O2S. The van der Waals surface area contributed by atoms with Crippen molar-refractivity contribution in [3.8, 4) is 17.1 Å². The Morgan fingerprint density at radius 3 is 2.78 bits per heavy atom. The van der Waals surface area contributed by atoms with Crippen LogP contribution >= 0.6 is 11.8 Å². The molecule has 3 aliphatic rings. The first-order chi connectivity index (χ1) is 15.7. The number of aromatic hydroxyl groups is 1. The molecule has 2 unspecified atom stereocenters. The van der Waals surface area contributed by atoms with Crippen molar-refractivity contribution in [2.24, 2.45) is 5.92 Å². The van der Waals surface area contributed by atoms with Crippen molar-refractivity contribution in [2.45, 2.75) is 23.8 Å². The van der Waals surface area contributed by atoms with Crippen LogP contribution in [0.25, 0.3) is 29.1 Å². The predicted molar refractivity (Wildman–Crippen MR) is 129 cm³/mol. The molecule has 5 heteroatoms. The third kappa shape index (κ3) is 3.07. The Bertz CT molecular complexity index is 1350. The summed E-state index contributed by atoms with van der Waals surface area (Å²) in [5.41, 5.74) is 5.15. The van der Waals surface area contributed by atoms with Crippen molar-refractivity contribution >= 4 is 29.5 Å². The molecule has 0 saturated heterocycles. The minimum atomic E-state index is 0.173. The van der Waals surface area contributed by atoms with E-state index in [1.165, 1.54) is 11.1 Å². The average Bonchev–Trinajstić information content (AvgIpc) is 3.22. The van der Waals surface area contributed by atoms with E-state index in [0.717, 1.165) is 40.7 Å². The lowest BCUT2D eigenvalue weighted by Crippen LogP contribution is -2.18. The minimum absolute atomic E-state index is 0.173. The van der Waals surface area contributed by atoms with Crippen molar-refractivity contribution in [3.63, 3.8) is 0 Å². The molecule has 1 aromatic carbocycles. The summed E-state index contributed by atoms with van der Waals surface area (Å²) >= 11 is 1.57. The van der Waals surface area contributed by atoms with E-state index in [1.807, 2.05) is 24.5 Å². The summed E-state index contributed by atoms with van der Waals surface area (Å²) in [4.78, 5) is 9.59. The van der Waals surface area contributed by atoms with Crippen LogP contribution in [0.15, 0.2) is 70.2 Å². The van der Waals surface area contributed by atoms with Gasteiger partial charge in [-0.3, -0.25) is 0 Å². The SMILES string of the molecule is CSc1cc(C2=Cc3oc4c(c3C3C=CC=CC23)C=CCC4)nc(-c2ccccc2O)n1. The Morgan fingerprint density at radius 1 is 1.09 bits per heavy atom. The highest BCUT2D eigenvalue weighted by Crippen LogP contribution is 2.49. The largest absolute Gasteiger partial charge is 0.507 e. The number of allylic oxidation sites excluding steroid dienone is 6. The van der Waals surface area contributed by atoms with Crippen LogP contribution in [-0.2, 0) is 6.42 Å². The molecule has 0 bridgehead atoms. The van der Waals surface area contributed by atoms with Gasteiger partial charge in [0.1, 0.15) is 22.3 Å². The fraction of sp³-hybridized carbons (Fsp3) is 0.185. The number of nitrogens with zero attached hydrogens (tertiary/aromatic N) is 2. The van der Waals surface area contributed by atoms with Gasteiger partial charge >= 0.3 is 0 Å². The second-order valence-corrected chi connectivity index (χ2v) is 9.04. The number of rotatable bonds is 3. The quantitative estimate of drug-likeness (QED) is 0.373. The van der Waals surface area contributed by atoms with Crippen molar-refractivity contribution in [2.75, 3.05) is 6.26 Å². The van der Waals surface area contributed by atoms with Gasteiger partial charge in [-0.05, 0) is 42.5 Å². The van der Waals surface area contributed by atoms with Crippen LogP contribution in [0.5, 0.6) is 5.75 Å². The van der Waals surface area contributed by atoms with Crippen LogP contribution in [0.4, 0.5) is 0 Å². The molecule has 2 atom stereocenters. The number of thioether (sulfide) groups is 1. The van der Waals surface area contributed by atoms with Crippen LogP contribution in [0.3, 0.4) is 0 Å². The maximum absolute atomic E-state index is 10.4. The van der Waals surface area contributed by atoms with Crippen LogP contribution in [0, 0.1) is 5.92 Å². The molecule has 1 N–H and O–H groups in total. The van der Waals surface area contributed by atoms with Gasteiger partial charge < -0.3 is 9.52 Å². The summed E-state index contributed by atoms with van der Waals surface area (Å²) in [5.74, 6) is 3.12. The highest BCUT2D eigenvalue weighted by molar-refractivity contribution is 7.98. The van der Waals surface area contributed by atoms with E-state index in [9.17, 15) is 5.11 Å². The van der Waals surface area contributed by atoms with Gasteiger partial charge in [0.2, 0.25) is 0 Å². The Kier molecular flexibility index (Phi) is 4.65. The molecule has 0 fully saturated rings. The lowest BCUT2D eigenvalue weighted by molar-refractivity contribution is 0.477. The van der Waals surface area contributed by atoms with E-state index >= 15 is 0 Å². The maximum Gasteiger partial charge on any atom is 0.164 e. The number of phenols is 1. The number of fused-ring (bicyclic) bond motifs is 5. The lowest BCUT2D eigenvalue weighted by Gasteiger charge is -2.30. The van der Waals surface area contributed by atoms with E-state index in [2.05, 4.69) is 47.5 Å². The molecule has 0 radical (unpaired) electrons. The van der Waals surface area contributed by atoms with E-state index < -0.39 is 0 Å². The summed E-state index contributed by atoms with van der Waals surface area (Å²) in [6, 6.07) is 9.26. The topological polar surface area (TPSA) is 59.2 Å². The Labute approximate surface area is 191 Å². The van der Waals surface area contributed by atoms with Crippen molar-refractivity contribution in [1.82, 2.24) is 9.97 Å². The molecule has 0 aliphatic heterocycles. The fourth-order valence-corrected chi connectivity index (χ4v) is 5.29. The van der Waals surface area contributed by atoms with Crippen molar-refractivity contribution in [1.29, 1.82) is 0 Å². The number of aryl methyl sites for hydroxylation is 1.